The van der Waals surface area contributed by atoms with Gasteiger partial charge in [0.2, 0.25) is 0 Å². The van der Waals surface area contributed by atoms with E-state index < -0.39 is 0 Å². The van der Waals surface area contributed by atoms with Crippen LogP contribution in [0.25, 0.3) is 0 Å². The van der Waals surface area contributed by atoms with Gasteiger partial charge in [0.1, 0.15) is 0 Å². The maximum atomic E-state index is 5.96. The van der Waals surface area contributed by atoms with E-state index in [1.807, 2.05) is 0 Å². The van der Waals surface area contributed by atoms with Crippen LogP contribution in [0.1, 0.15) is 38.2 Å². The summed E-state index contributed by atoms with van der Waals surface area (Å²) < 4.78 is 0. The van der Waals surface area contributed by atoms with Crippen molar-refractivity contribution in [2.75, 3.05) is 11.9 Å². The van der Waals surface area contributed by atoms with Gasteiger partial charge in [-0.1, -0.05) is 37.5 Å². The normalized spacial score (nSPS) is 25.7. The first-order valence-corrected chi connectivity index (χ1v) is 7.22. The largest absolute Gasteiger partial charge is 0.381 e. The summed E-state index contributed by atoms with van der Waals surface area (Å²) >= 11 is 0. The quantitative estimate of drug-likeness (QED) is 0.852. The predicted octanol–water partition coefficient (Wildman–Crippen LogP) is 3.56. The Hall–Kier alpha value is -1.02. The first-order chi connectivity index (χ1) is 8.69. The van der Waals surface area contributed by atoms with Gasteiger partial charge in [-0.25, -0.2) is 0 Å². The van der Waals surface area contributed by atoms with E-state index in [1.165, 1.54) is 36.9 Å². The molecule has 1 aliphatic carbocycles. The Morgan fingerprint density at radius 2 is 2.00 bits per heavy atom. The highest BCUT2D eigenvalue weighted by Gasteiger charge is 2.25. The Balaban J connectivity index is 1.98. The zero-order valence-corrected chi connectivity index (χ0v) is 11.7. The Morgan fingerprint density at radius 3 is 2.61 bits per heavy atom. The van der Waals surface area contributed by atoms with Crippen molar-refractivity contribution in [1.82, 2.24) is 0 Å². The van der Waals surface area contributed by atoms with Gasteiger partial charge in [-0.2, -0.15) is 0 Å². The van der Waals surface area contributed by atoms with E-state index in [2.05, 4.69) is 43.4 Å². The number of benzene rings is 1. The van der Waals surface area contributed by atoms with E-state index in [4.69, 9.17) is 5.73 Å². The summed E-state index contributed by atoms with van der Waals surface area (Å²) in [4.78, 5) is 0. The third kappa shape index (κ3) is 3.49. The van der Waals surface area contributed by atoms with Gasteiger partial charge in [0, 0.05) is 18.3 Å². The first kappa shape index (κ1) is 13.4. The van der Waals surface area contributed by atoms with E-state index in [0.717, 1.165) is 18.4 Å². The molecule has 1 fully saturated rings. The van der Waals surface area contributed by atoms with E-state index in [-0.39, 0.29) is 0 Å². The van der Waals surface area contributed by atoms with E-state index in [0.29, 0.717) is 6.04 Å². The maximum Gasteiger partial charge on any atom is 0.0411 e. The summed E-state index contributed by atoms with van der Waals surface area (Å²) in [7, 11) is 0. The molecule has 1 saturated carbocycles. The van der Waals surface area contributed by atoms with Crippen LogP contribution in [0.3, 0.4) is 0 Å². The molecule has 0 heterocycles. The molecule has 1 aromatic rings. The lowest BCUT2D eigenvalue weighted by atomic mass is 9.78. The highest BCUT2D eigenvalue weighted by molar-refractivity contribution is 5.45. The molecule has 0 aromatic heterocycles. The SMILES string of the molecule is Cc1ccc(NC(CN)C2CCCC(C)C2)cc1. The van der Waals surface area contributed by atoms with Gasteiger partial charge in [-0.05, 0) is 43.7 Å². The van der Waals surface area contributed by atoms with Crippen molar-refractivity contribution in [2.45, 2.75) is 45.6 Å². The smallest absolute Gasteiger partial charge is 0.0411 e. The molecular weight excluding hydrogens is 220 g/mol. The lowest BCUT2D eigenvalue weighted by Crippen LogP contribution is -2.38. The van der Waals surface area contributed by atoms with E-state index >= 15 is 0 Å². The van der Waals surface area contributed by atoms with Crippen LogP contribution in [0, 0.1) is 18.8 Å². The zero-order chi connectivity index (χ0) is 13.0. The number of hydrogen-bond donors (Lipinski definition) is 2. The molecule has 100 valence electrons. The average molecular weight is 246 g/mol. The summed E-state index contributed by atoms with van der Waals surface area (Å²) in [5.74, 6) is 1.60. The lowest BCUT2D eigenvalue weighted by molar-refractivity contribution is 0.257. The second kappa shape index (κ2) is 6.24. The number of aryl methyl sites for hydroxylation is 1. The Morgan fingerprint density at radius 1 is 1.28 bits per heavy atom. The van der Waals surface area contributed by atoms with Gasteiger partial charge in [0.15, 0.2) is 0 Å². The Labute approximate surface area is 111 Å². The molecule has 0 bridgehead atoms. The Bertz CT molecular complexity index is 358. The molecule has 0 saturated heterocycles. The van der Waals surface area contributed by atoms with Crippen molar-refractivity contribution in [3.63, 3.8) is 0 Å². The molecule has 18 heavy (non-hydrogen) atoms. The molecule has 2 rings (SSSR count). The minimum Gasteiger partial charge on any atom is -0.381 e. The molecule has 0 amide bonds. The van der Waals surface area contributed by atoms with Gasteiger partial charge in [0.25, 0.3) is 0 Å². The number of hydrogen-bond acceptors (Lipinski definition) is 2. The van der Waals surface area contributed by atoms with E-state index in [1.54, 1.807) is 0 Å². The number of rotatable bonds is 4. The van der Waals surface area contributed by atoms with Crippen LogP contribution in [0.4, 0.5) is 5.69 Å². The molecule has 2 heteroatoms. The van der Waals surface area contributed by atoms with Crippen molar-refractivity contribution < 1.29 is 0 Å². The fraction of sp³-hybridized carbons (Fsp3) is 0.625. The summed E-state index contributed by atoms with van der Waals surface area (Å²) in [6.45, 7) is 5.21. The van der Waals surface area contributed by atoms with Crippen molar-refractivity contribution in [3.8, 4) is 0 Å². The summed E-state index contributed by atoms with van der Waals surface area (Å²) in [5.41, 5.74) is 8.47. The number of nitrogens with two attached hydrogens (primary N) is 1. The molecule has 0 spiro atoms. The highest BCUT2D eigenvalue weighted by atomic mass is 14.9. The van der Waals surface area contributed by atoms with Gasteiger partial charge in [0.05, 0.1) is 0 Å². The third-order valence-corrected chi connectivity index (χ3v) is 4.20. The summed E-state index contributed by atoms with van der Waals surface area (Å²) in [5, 5.41) is 3.62. The fourth-order valence-corrected chi connectivity index (χ4v) is 3.08. The van der Waals surface area contributed by atoms with Crippen LogP contribution in [0.5, 0.6) is 0 Å². The van der Waals surface area contributed by atoms with Crippen LogP contribution in [0.15, 0.2) is 24.3 Å². The predicted molar refractivity (Wildman–Crippen MR) is 78.8 cm³/mol. The lowest BCUT2D eigenvalue weighted by Gasteiger charge is -2.33. The zero-order valence-electron chi connectivity index (χ0n) is 11.7. The van der Waals surface area contributed by atoms with Crippen LogP contribution in [-0.2, 0) is 0 Å². The standard InChI is InChI=1S/C16H26N2/c1-12-6-8-15(9-7-12)18-16(11-17)14-5-3-4-13(2)10-14/h6-9,13-14,16,18H,3-5,10-11,17H2,1-2H3. The van der Waals surface area contributed by atoms with Gasteiger partial charge in [-0.15, -0.1) is 0 Å². The first-order valence-electron chi connectivity index (χ1n) is 7.22. The minimum absolute atomic E-state index is 0.426. The number of nitrogens with one attached hydrogen (secondary N) is 1. The summed E-state index contributed by atoms with van der Waals surface area (Å²) in [6, 6.07) is 9.04. The molecule has 3 atom stereocenters. The molecule has 1 aromatic carbocycles. The third-order valence-electron chi connectivity index (χ3n) is 4.20. The maximum absolute atomic E-state index is 5.96. The minimum atomic E-state index is 0.426. The fourth-order valence-electron chi connectivity index (χ4n) is 3.08. The molecule has 1 aliphatic rings. The monoisotopic (exact) mass is 246 g/mol. The van der Waals surface area contributed by atoms with E-state index in [9.17, 15) is 0 Å². The van der Waals surface area contributed by atoms with Gasteiger partial charge >= 0.3 is 0 Å². The van der Waals surface area contributed by atoms with Crippen molar-refractivity contribution in [1.29, 1.82) is 0 Å². The van der Waals surface area contributed by atoms with Crippen molar-refractivity contribution >= 4 is 5.69 Å². The molecule has 0 aliphatic heterocycles. The average Bonchev–Trinajstić information content (AvgIpc) is 2.38. The van der Waals surface area contributed by atoms with Gasteiger partial charge in [-0.3, -0.25) is 0 Å². The molecular formula is C16H26N2. The van der Waals surface area contributed by atoms with Crippen LogP contribution in [0.2, 0.25) is 0 Å². The van der Waals surface area contributed by atoms with Crippen LogP contribution in [-0.4, -0.2) is 12.6 Å². The van der Waals surface area contributed by atoms with Crippen LogP contribution < -0.4 is 11.1 Å². The second-order valence-corrected chi connectivity index (χ2v) is 5.88. The highest BCUT2D eigenvalue weighted by Crippen LogP contribution is 2.31. The second-order valence-electron chi connectivity index (χ2n) is 5.88. The number of anilines is 1. The topological polar surface area (TPSA) is 38.0 Å². The van der Waals surface area contributed by atoms with Crippen molar-refractivity contribution in [3.05, 3.63) is 29.8 Å². The molecule has 3 unspecified atom stereocenters. The Kier molecular flexibility index (Phi) is 4.65. The van der Waals surface area contributed by atoms with Crippen LogP contribution >= 0.6 is 0 Å². The van der Waals surface area contributed by atoms with Gasteiger partial charge < -0.3 is 11.1 Å². The summed E-state index contributed by atoms with van der Waals surface area (Å²) in [6.07, 6.45) is 5.39. The molecule has 3 N–H and O–H groups in total. The van der Waals surface area contributed by atoms with Crippen molar-refractivity contribution in [2.24, 2.45) is 17.6 Å². The molecule has 2 nitrogen and oxygen atoms in total. The molecule has 0 radical (unpaired) electrons.